The Kier molecular flexibility index (Phi) is 2.58. The van der Waals surface area contributed by atoms with E-state index in [9.17, 15) is 0 Å². The Morgan fingerprint density at radius 3 is 2.91 bits per heavy atom. The summed E-state index contributed by atoms with van der Waals surface area (Å²) in [7, 11) is 1.70. The van der Waals surface area contributed by atoms with Crippen molar-refractivity contribution in [2.75, 3.05) is 7.11 Å². The third-order valence-corrected chi connectivity index (χ3v) is 1.85. The van der Waals surface area contributed by atoms with Crippen molar-refractivity contribution in [3.8, 4) is 0 Å². The van der Waals surface area contributed by atoms with Crippen molar-refractivity contribution in [1.82, 2.24) is 0 Å². The highest BCUT2D eigenvalue weighted by molar-refractivity contribution is 5.34. The van der Waals surface area contributed by atoms with Crippen LogP contribution in [0.4, 0.5) is 0 Å². The summed E-state index contributed by atoms with van der Waals surface area (Å²) in [5.41, 5.74) is 7.70. The largest absolute Gasteiger partial charge is 0.501 e. The zero-order chi connectivity index (χ0) is 8.27. The van der Waals surface area contributed by atoms with E-state index in [0.717, 1.165) is 24.3 Å². The number of hydrogen-bond acceptors (Lipinski definition) is 2. The quantitative estimate of drug-likeness (QED) is 0.654. The fraction of sp³-hybridized carbons (Fsp3) is 0.444. The maximum atomic E-state index is 5.63. The van der Waals surface area contributed by atoms with Crippen LogP contribution in [0.3, 0.4) is 0 Å². The molecule has 0 aromatic rings. The summed E-state index contributed by atoms with van der Waals surface area (Å²) >= 11 is 0. The maximum absolute atomic E-state index is 5.63. The van der Waals surface area contributed by atoms with E-state index in [1.165, 1.54) is 5.57 Å². The zero-order valence-electron chi connectivity index (χ0n) is 7.05. The average molecular weight is 152 g/mol. The number of hydrogen-bond donors (Lipinski definition) is 1. The highest BCUT2D eigenvalue weighted by Gasteiger charge is 2.10. The second-order valence-electron chi connectivity index (χ2n) is 2.56. The molecule has 2 N–H and O–H groups in total. The Labute approximate surface area is 67.7 Å². The summed E-state index contributed by atoms with van der Waals surface area (Å²) in [6.07, 6.45) is 5.76. The van der Waals surface area contributed by atoms with Crippen LogP contribution in [-0.2, 0) is 4.74 Å². The molecule has 0 bridgehead atoms. The van der Waals surface area contributed by atoms with Gasteiger partial charge in [-0.2, -0.15) is 0 Å². The molecule has 2 heteroatoms. The summed E-state index contributed by atoms with van der Waals surface area (Å²) in [4.78, 5) is 0. The first-order chi connectivity index (χ1) is 5.27. The van der Waals surface area contributed by atoms with Crippen LogP contribution in [0.5, 0.6) is 0 Å². The minimum Gasteiger partial charge on any atom is -0.501 e. The molecule has 0 saturated carbocycles. The molecule has 0 amide bonds. The number of methoxy groups -OCH3 is 1. The Hall–Kier alpha value is -0.920. The Morgan fingerprint density at radius 1 is 1.64 bits per heavy atom. The predicted molar refractivity (Wildman–Crippen MR) is 45.5 cm³/mol. The molecule has 61 valence electrons. The first-order valence-electron chi connectivity index (χ1n) is 3.84. The normalized spacial score (nSPS) is 18.2. The molecule has 0 unspecified atom stereocenters. The summed E-state index contributed by atoms with van der Waals surface area (Å²) in [6, 6.07) is 0. The van der Waals surface area contributed by atoms with Crippen LogP contribution in [0.1, 0.15) is 19.8 Å². The summed E-state index contributed by atoms with van der Waals surface area (Å²) in [6.45, 7) is 2.10. The molecule has 1 aliphatic rings. The van der Waals surface area contributed by atoms with Crippen molar-refractivity contribution in [1.29, 1.82) is 0 Å². The SMILES string of the molecule is CCC1=C(OC)C[CH]C(N)=C1. The van der Waals surface area contributed by atoms with Crippen LogP contribution in [0.25, 0.3) is 0 Å². The van der Waals surface area contributed by atoms with Crippen molar-refractivity contribution in [3.05, 3.63) is 29.5 Å². The van der Waals surface area contributed by atoms with Gasteiger partial charge in [-0.05, 0) is 18.1 Å². The highest BCUT2D eigenvalue weighted by Crippen LogP contribution is 2.22. The molecular formula is C9H14NO. The fourth-order valence-electron chi connectivity index (χ4n) is 1.20. The minimum absolute atomic E-state index is 0.835. The van der Waals surface area contributed by atoms with E-state index in [0.29, 0.717) is 0 Å². The first kappa shape index (κ1) is 8.18. The smallest absolute Gasteiger partial charge is 0.0994 e. The van der Waals surface area contributed by atoms with Gasteiger partial charge >= 0.3 is 0 Å². The summed E-state index contributed by atoms with van der Waals surface area (Å²) in [5.74, 6) is 1.04. The van der Waals surface area contributed by atoms with Crippen molar-refractivity contribution in [2.24, 2.45) is 5.73 Å². The van der Waals surface area contributed by atoms with Gasteiger partial charge in [0.25, 0.3) is 0 Å². The lowest BCUT2D eigenvalue weighted by Gasteiger charge is -2.15. The third-order valence-electron chi connectivity index (χ3n) is 1.85. The Bertz CT molecular complexity index is 204. The molecule has 0 spiro atoms. The fourth-order valence-corrected chi connectivity index (χ4v) is 1.20. The summed E-state index contributed by atoms with van der Waals surface area (Å²) < 4.78 is 5.19. The van der Waals surface area contributed by atoms with Crippen molar-refractivity contribution in [3.63, 3.8) is 0 Å². The van der Waals surface area contributed by atoms with Gasteiger partial charge in [0.1, 0.15) is 0 Å². The molecule has 1 rings (SSSR count). The standard InChI is InChI=1S/C9H14NO/c1-3-7-6-8(10)4-5-9(7)11-2/h4,6H,3,5,10H2,1-2H3. The molecule has 0 atom stereocenters. The number of ether oxygens (including phenoxy) is 1. The number of nitrogens with two attached hydrogens (primary N) is 1. The average Bonchev–Trinajstić information content (AvgIpc) is 2.04. The molecule has 1 aliphatic carbocycles. The van der Waals surface area contributed by atoms with E-state index < -0.39 is 0 Å². The second kappa shape index (κ2) is 3.46. The lowest BCUT2D eigenvalue weighted by Crippen LogP contribution is -2.07. The third kappa shape index (κ3) is 1.76. The number of allylic oxidation sites excluding steroid dienone is 4. The van der Waals surface area contributed by atoms with Crippen molar-refractivity contribution < 1.29 is 4.74 Å². The maximum Gasteiger partial charge on any atom is 0.0994 e. The molecule has 0 heterocycles. The van der Waals surface area contributed by atoms with Crippen molar-refractivity contribution >= 4 is 0 Å². The van der Waals surface area contributed by atoms with E-state index >= 15 is 0 Å². The molecule has 0 aliphatic heterocycles. The van der Waals surface area contributed by atoms with Gasteiger partial charge in [0.05, 0.1) is 12.9 Å². The molecule has 0 saturated heterocycles. The molecule has 0 aromatic carbocycles. The molecule has 0 fully saturated rings. The van der Waals surface area contributed by atoms with Crippen LogP contribution in [0.2, 0.25) is 0 Å². The summed E-state index contributed by atoms with van der Waals surface area (Å²) in [5, 5.41) is 0. The zero-order valence-corrected chi connectivity index (χ0v) is 7.05. The van der Waals surface area contributed by atoms with E-state index in [2.05, 4.69) is 6.92 Å². The van der Waals surface area contributed by atoms with Gasteiger partial charge in [-0.15, -0.1) is 0 Å². The number of rotatable bonds is 2. The van der Waals surface area contributed by atoms with Crippen LogP contribution < -0.4 is 5.73 Å². The van der Waals surface area contributed by atoms with Crippen LogP contribution in [0, 0.1) is 6.42 Å². The van der Waals surface area contributed by atoms with Gasteiger partial charge in [-0.25, -0.2) is 0 Å². The van der Waals surface area contributed by atoms with Gasteiger partial charge in [0.15, 0.2) is 0 Å². The second-order valence-corrected chi connectivity index (χ2v) is 2.56. The molecule has 1 radical (unpaired) electrons. The topological polar surface area (TPSA) is 35.2 Å². The lowest BCUT2D eigenvalue weighted by molar-refractivity contribution is 0.277. The lowest BCUT2D eigenvalue weighted by atomic mass is 10.0. The molecular weight excluding hydrogens is 138 g/mol. The Morgan fingerprint density at radius 2 is 2.36 bits per heavy atom. The highest BCUT2D eigenvalue weighted by atomic mass is 16.5. The van der Waals surface area contributed by atoms with Gasteiger partial charge in [0.2, 0.25) is 0 Å². The van der Waals surface area contributed by atoms with E-state index in [1.807, 2.05) is 12.5 Å². The van der Waals surface area contributed by atoms with Crippen LogP contribution >= 0.6 is 0 Å². The Balaban J connectivity index is 2.83. The molecule has 0 aromatic heterocycles. The van der Waals surface area contributed by atoms with Gasteiger partial charge in [-0.1, -0.05) is 6.92 Å². The predicted octanol–water partition coefficient (Wildman–Crippen LogP) is 1.75. The van der Waals surface area contributed by atoms with Gasteiger partial charge in [-0.3, -0.25) is 0 Å². The van der Waals surface area contributed by atoms with Crippen LogP contribution in [0.15, 0.2) is 23.1 Å². The van der Waals surface area contributed by atoms with Crippen molar-refractivity contribution in [2.45, 2.75) is 19.8 Å². The molecule has 2 nitrogen and oxygen atoms in total. The van der Waals surface area contributed by atoms with E-state index in [1.54, 1.807) is 7.11 Å². The first-order valence-corrected chi connectivity index (χ1v) is 3.84. The minimum atomic E-state index is 0.835. The van der Waals surface area contributed by atoms with Gasteiger partial charge in [0, 0.05) is 18.5 Å². The van der Waals surface area contributed by atoms with Crippen LogP contribution in [-0.4, -0.2) is 7.11 Å². The van der Waals surface area contributed by atoms with Gasteiger partial charge < -0.3 is 10.5 Å². The molecule has 11 heavy (non-hydrogen) atoms. The van der Waals surface area contributed by atoms with E-state index in [-0.39, 0.29) is 0 Å². The van der Waals surface area contributed by atoms with E-state index in [4.69, 9.17) is 10.5 Å². The monoisotopic (exact) mass is 152 g/mol.